The average molecular weight is 371 g/mol. The summed E-state index contributed by atoms with van der Waals surface area (Å²) in [6.45, 7) is 0.280. The first-order valence-electron chi connectivity index (χ1n) is 9.07. The van der Waals surface area contributed by atoms with Crippen molar-refractivity contribution < 1.29 is 29.1 Å². The van der Waals surface area contributed by atoms with E-state index < -0.39 is 25.1 Å². The molecule has 0 aromatic heterocycles. The van der Waals surface area contributed by atoms with Crippen LogP contribution in [0.5, 0.6) is 5.75 Å². The minimum Gasteiger partial charge on any atom is -0.508 e. The lowest BCUT2D eigenvalue weighted by Crippen LogP contribution is -2.45. The summed E-state index contributed by atoms with van der Waals surface area (Å²) in [7, 11) is 1.87. The number of imide groups is 1. The number of likely N-dealkylation sites (tertiary alicyclic amines) is 1. The van der Waals surface area contributed by atoms with E-state index >= 15 is 0 Å². The van der Waals surface area contributed by atoms with Crippen LogP contribution in [0.3, 0.4) is 0 Å². The standard InChI is InChI=1S/C19H22BNO6/c1-21-18(23)13-7-10(9-26-2)17-12(16(13)19(21)24)8-15(27-20(17)25)11-5-3-4-6-14(11)22/h3-6,12-13,15-16,22,25H,7-9H2,1-2H3/t12-,13-,15-,16+/m0/s1. The molecule has 4 atom stereocenters. The van der Waals surface area contributed by atoms with Gasteiger partial charge in [0.1, 0.15) is 5.75 Å². The number of fused-ring (bicyclic) bond motifs is 3. The number of aromatic hydroxyl groups is 1. The molecule has 0 saturated carbocycles. The lowest BCUT2D eigenvalue weighted by molar-refractivity contribution is -0.138. The van der Waals surface area contributed by atoms with Crippen molar-refractivity contribution in [1.82, 2.24) is 4.90 Å². The van der Waals surface area contributed by atoms with Crippen molar-refractivity contribution in [1.29, 1.82) is 0 Å². The molecule has 27 heavy (non-hydrogen) atoms. The van der Waals surface area contributed by atoms with E-state index in [0.717, 1.165) is 5.57 Å². The fourth-order valence-electron chi connectivity index (χ4n) is 4.84. The SMILES string of the molecule is COCC1=C2B(O)O[C@H](c3ccccc3O)C[C@H]2[C@H]2C(=O)N(C)C(=O)[C@H]2C1. The van der Waals surface area contributed by atoms with Crippen LogP contribution >= 0.6 is 0 Å². The number of carbonyl (C=O) groups excluding carboxylic acids is 2. The van der Waals surface area contributed by atoms with Gasteiger partial charge in [-0.25, -0.2) is 0 Å². The van der Waals surface area contributed by atoms with Crippen LogP contribution in [0, 0.1) is 17.8 Å². The summed E-state index contributed by atoms with van der Waals surface area (Å²) < 4.78 is 11.1. The molecule has 2 fully saturated rings. The fraction of sp³-hybridized carbons (Fsp3) is 0.474. The van der Waals surface area contributed by atoms with Gasteiger partial charge in [-0.2, -0.15) is 0 Å². The summed E-state index contributed by atoms with van der Waals surface area (Å²) >= 11 is 0. The van der Waals surface area contributed by atoms with Gasteiger partial charge in [-0.15, -0.1) is 0 Å². The van der Waals surface area contributed by atoms with E-state index in [-0.39, 0.29) is 30.1 Å². The summed E-state index contributed by atoms with van der Waals surface area (Å²) in [5.74, 6) is -1.59. The van der Waals surface area contributed by atoms with Crippen LogP contribution in [-0.4, -0.2) is 54.7 Å². The molecule has 2 saturated heterocycles. The van der Waals surface area contributed by atoms with Crippen molar-refractivity contribution in [2.24, 2.45) is 17.8 Å². The number of allylic oxidation sites excluding steroid dienone is 1. The van der Waals surface area contributed by atoms with Crippen LogP contribution in [0.1, 0.15) is 24.5 Å². The summed E-state index contributed by atoms with van der Waals surface area (Å²) in [5, 5.41) is 20.9. The Labute approximate surface area is 157 Å². The molecule has 2 aliphatic heterocycles. The molecule has 2 amide bonds. The highest BCUT2D eigenvalue weighted by Crippen LogP contribution is 2.51. The number of benzene rings is 1. The van der Waals surface area contributed by atoms with Gasteiger partial charge in [-0.3, -0.25) is 14.5 Å². The molecule has 0 radical (unpaired) electrons. The van der Waals surface area contributed by atoms with Gasteiger partial charge in [0.15, 0.2) is 0 Å². The number of rotatable bonds is 3. The van der Waals surface area contributed by atoms with E-state index in [4.69, 9.17) is 9.39 Å². The molecule has 2 N–H and O–H groups in total. The second-order valence-electron chi connectivity index (χ2n) is 7.44. The lowest BCUT2D eigenvalue weighted by atomic mass is 9.55. The number of phenolic OH excluding ortho intramolecular Hbond substituents is 1. The van der Waals surface area contributed by atoms with Gasteiger partial charge in [0, 0.05) is 19.7 Å². The molecule has 4 rings (SSSR count). The number of nitrogens with zero attached hydrogens (tertiary/aromatic N) is 1. The molecule has 0 bridgehead atoms. The van der Waals surface area contributed by atoms with E-state index in [1.807, 2.05) is 0 Å². The van der Waals surface area contributed by atoms with Gasteiger partial charge < -0.3 is 19.5 Å². The van der Waals surface area contributed by atoms with Crippen molar-refractivity contribution in [3.8, 4) is 5.75 Å². The first-order chi connectivity index (χ1) is 12.9. The van der Waals surface area contributed by atoms with E-state index in [1.54, 1.807) is 31.4 Å². The zero-order valence-corrected chi connectivity index (χ0v) is 15.3. The van der Waals surface area contributed by atoms with Gasteiger partial charge in [0.2, 0.25) is 11.8 Å². The maximum atomic E-state index is 12.8. The van der Waals surface area contributed by atoms with Crippen LogP contribution < -0.4 is 0 Å². The molecule has 1 aromatic carbocycles. The topological polar surface area (TPSA) is 96.3 Å². The number of hydrogen-bond donors (Lipinski definition) is 2. The highest BCUT2D eigenvalue weighted by molar-refractivity contribution is 6.53. The molecule has 0 unspecified atom stereocenters. The van der Waals surface area contributed by atoms with Crippen LogP contribution in [0.4, 0.5) is 0 Å². The highest BCUT2D eigenvalue weighted by Gasteiger charge is 2.57. The van der Waals surface area contributed by atoms with Crippen LogP contribution in [-0.2, 0) is 19.0 Å². The van der Waals surface area contributed by atoms with Crippen LogP contribution in [0.2, 0.25) is 0 Å². The second kappa shape index (κ2) is 6.78. The Hall–Kier alpha value is -2.16. The predicted octanol–water partition coefficient (Wildman–Crippen LogP) is 1.07. The number of para-hydroxylation sites is 1. The first-order valence-corrected chi connectivity index (χ1v) is 9.07. The molecule has 7 nitrogen and oxygen atoms in total. The van der Waals surface area contributed by atoms with Gasteiger partial charge >= 0.3 is 7.12 Å². The van der Waals surface area contributed by atoms with Crippen molar-refractivity contribution in [2.45, 2.75) is 18.9 Å². The summed E-state index contributed by atoms with van der Waals surface area (Å²) in [6, 6.07) is 6.80. The Kier molecular flexibility index (Phi) is 4.57. The zero-order chi connectivity index (χ0) is 19.3. The fourth-order valence-corrected chi connectivity index (χ4v) is 4.84. The second-order valence-corrected chi connectivity index (χ2v) is 7.44. The molecule has 142 valence electrons. The monoisotopic (exact) mass is 371 g/mol. The Bertz CT molecular complexity index is 824. The number of hydrogen-bond acceptors (Lipinski definition) is 6. The maximum Gasteiger partial charge on any atom is 0.487 e. The van der Waals surface area contributed by atoms with Gasteiger partial charge in [-0.05, 0) is 35.9 Å². The number of amides is 2. The van der Waals surface area contributed by atoms with Gasteiger partial charge in [-0.1, -0.05) is 18.2 Å². The Morgan fingerprint density at radius 2 is 2.00 bits per heavy atom. The highest BCUT2D eigenvalue weighted by atomic mass is 16.5. The molecular weight excluding hydrogens is 349 g/mol. The van der Waals surface area contributed by atoms with E-state index in [9.17, 15) is 19.7 Å². The van der Waals surface area contributed by atoms with Crippen LogP contribution in [0.15, 0.2) is 35.3 Å². The summed E-state index contributed by atoms with van der Waals surface area (Å²) in [5.41, 5.74) is 2.04. The third-order valence-electron chi connectivity index (χ3n) is 6.03. The number of ether oxygens (including phenoxy) is 1. The number of methoxy groups -OCH3 is 1. The summed E-state index contributed by atoms with van der Waals surface area (Å²) in [4.78, 5) is 26.5. The Balaban J connectivity index is 1.76. The average Bonchev–Trinajstić information content (AvgIpc) is 2.86. The Morgan fingerprint density at radius 3 is 2.70 bits per heavy atom. The molecule has 2 heterocycles. The van der Waals surface area contributed by atoms with E-state index in [0.29, 0.717) is 23.9 Å². The summed E-state index contributed by atoms with van der Waals surface area (Å²) in [6.07, 6.45) is 0.234. The lowest BCUT2D eigenvalue weighted by Gasteiger charge is -2.42. The Morgan fingerprint density at radius 1 is 1.26 bits per heavy atom. The molecule has 0 spiro atoms. The quantitative estimate of drug-likeness (QED) is 0.610. The van der Waals surface area contributed by atoms with Crippen molar-refractivity contribution >= 4 is 18.9 Å². The third kappa shape index (κ3) is 2.79. The molecule has 1 aromatic rings. The van der Waals surface area contributed by atoms with Gasteiger partial charge in [0.25, 0.3) is 0 Å². The van der Waals surface area contributed by atoms with Crippen molar-refractivity contribution in [3.63, 3.8) is 0 Å². The van der Waals surface area contributed by atoms with Gasteiger partial charge in [0.05, 0.1) is 24.5 Å². The van der Waals surface area contributed by atoms with Crippen molar-refractivity contribution in [2.75, 3.05) is 20.8 Å². The maximum absolute atomic E-state index is 12.8. The number of phenols is 1. The molecule has 1 aliphatic carbocycles. The minimum atomic E-state index is -1.20. The van der Waals surface area contributed by atoms with E-state index in [1.165, 1.54) is 11.9 Å². The van der Waals surface area contributed by atoms with Crippen molar-refractivity contribution in [3.05, 3.63) is 40.9 Å². The third-order valence-corrected chi connectivity index (χ3v) is 6.03. The normalized spacial score (nSPS) is 30.6. The smallest absolute Gasteiger partial charge is 0.487 e. The molecular formula is C19H22BNO6. The first kappa shape index (κ1) is 18.2. The van der Waals surface area contributed by atoms with Crippen LogP contribution in [0.25, 0.3) is 0 Å². The minimum absolute atomic E-state index is 0.0811. The molecule has 3 aliphatic rings. The largest absolute Gasteiger partial charge is 0.508 e. The molecule has 8 heteroatoms. The van der Waals surface area contributed by atoms with E-state index in [2.05, 4.69) is 0 Å². The number of carbonyl (C=O) groups is 2. The zero-order valence-electron chi connectivity index (χ0n) is 15.3. The predicted molar refractivity (Wildman–Crippen MR) is 96.3 cm³/mol.